The van der Waals surface area contributed by atoms with Crippen molar-refractivity contribution >= 4 is 101 Å². The number of aliphatic hydroxyl groups is 2. The number of nitrogens with one attached hydrogen (secondary N) is 11. The first kappa shape index (κ1) is 95.1. The molecule has 3 aliphatic heterocycles. The van der Waals surface area contributed by atoms with Gasteiger partial charge in [-0.2, -0.15) is 12.6 Å². The lowest BCUT2D eigenvalue weighted by molar-refractivity contribution is -0.149. The molecule has 0 radical (unpaired) electrons. The number of carboxylic acids is 1. The summed E-state index contributed by atoms with van der Waals surface area (Å²) in [5, 5.41) is 57.9. The van der Waals surface area contributed by atoms with E-state index in [1.54, 1.807) is 78.8 Å². The Morgan fingerprint density at radius 3 is 1.51 bits per heavy atom. The molecule has 0 bridgehead atoms. The number of carbonyl (C=O) groups is 14. The van der Waals surface area contributed by atoms with E-state index in [0.717, 1.165) is 0 Å². The van der Waals surface area contributed by atoms with E-state index in [9.17, 15) is 82.4 Å². The number of imidazole rings is 1. The fourth-order valence-electron chi connectivity index (χ4n) is 14.0. The Hall–Kier alpha value is -9.53. The number of aliphatic carboxylic acids is 1. The number of carbonyl (C=O) groups excluding carboxylic acids is 13. The molecule has 22 N–H and O–H groups in total. The predicted octanol–water partition coefficient (Wildman–Crippen LogP) is -2.90. The number of carboxylic acid groups (broad SMARTS) is 1. The number of rotatable bonds is 47. The molecule has 13 amide bonds. The van der Waals surface area contributed by atoms with Crippen molar-refractivity contribution < 1.29 is 82.4 Å². The highest BCUT2D eigenvalue weighted by Gasteiger charge is 2.46. The third-order valence-corrected chi connectivity index (χ3v) is 20.8. The highest BCUT2D eigenvalue weighted by Crippen LogP contribution is 2.28. The summed E-state index contributed by atoms with van der Waals surface area (Å²) in [6.45, 7) is 15.2. The first-order valence-electron chi connectivity index (χ1n) is 39.6. The maximum atomic E-state index is 14.9. The number of hydrogen-bond acceptors (Lipinski definition) is 21. The van der Waals surface area contributed by atoms with Crippen LogP contribution >= 0.6 is 12.6 Å². The van der Waals surface area contributed by atoms with E-state index >= 15 is 0 Å². The van der Waals surface area contributed by atoms with Gasteiger partial charge in [-0.3, -0.25) is 67.3 Å². The number of likely N-dealkylation sites (tertiary alicyclic amines) is 3. The summed E-state index contributed by atoms with van der Waals surface area (Å²) < 4.78 is 0. The van der Waals surface area contributed by atoms with Crippen LogP contribution in [0.25, 0.3) is 0 Å². The summed E-state index contributed by atoms with van der Waals surface area (Å²) in [5.74, 6) is -12.9. The number of amides is 13. The maximum Gasteiger partial charge on any atom is 0.326 e. The Morgan fingerprint density at radius 2 is 1.01 bits per heavy atom. The minimum atomic E-state index is -1.72. The quantitative estimate of drug-likeness (QED) is 0.0137. The van der Waals surface area contributed by atoms with Gasteiger partial charge in [0.25, 0.3) is 0 Å². The topological polar surface area (TPSA) is 575 Å². The molecule has 16 atom stereocenters. The number of H-pyrrole nitrogens is 1. The molecule has 38 heteroatoms. The molecule has 0 saturated carbocycles. The molecule has 3 saturated heterocycles. The molecule has 4 heterocycles. The van der Waals surface area contributed by atoms with Gasteiger partial charge in [-0.15, -0.1) is 0 Å². The second kappa shape index (κ2) is 47.4. The van der Waals surface area contributed by atoms with Crippen LogP contribution in [0.5, 0.6) is 0 Å². The van der Waals surface area contributed by atoms with E-state index in [1.807, 2.05) is 6.92 Å². The molecule has 114 heavy (non-hydrogen) atoms. The van der Waals surface area contributed by atoms with Crippen LogP contribution in [-0.2, 0) is 80.0 Å². The third-order valence-electron chi connectivity index (χ3n) is 20.4. The second-order valence-corrected chi connectivity index (χ2v) is 31.4. The lowest BCUT2D eigenvalue weighted by Gasteiger charge is -2.34. The van der Waals surface area contributed by atoms with E-state index in [0.29, 0.717) is 43.4 Å². The minimum absolute atomic E-state index is 0.00963. The van der Waals surface area contributed by atoms with Crippen molar-refractivity contribution in [3.63, 3.8) is 0 Å². The van der Waals surface area contributed by atoms with Gasteiger partial charge < -0.3 is 111 Å². The van der Waals surface area contributed by atoms with Crippen LogP contribution in [0.4, 0.5) is 0 Å². The van der Waals surface area contributed by atoms with E-state index in [2.05, 4.69) is 80.8 Å². The summed E-state index contributed by atoms with van der Waals surface area (Å²) in [6, 6.07) is -9.92. The van der Waals surface area contributed by atoms with E-state index in [1.165, 1.54) is 34.1 Å². The van der Waals surface area contributed by atoms with Gasteiger partial charge in [-0.25, -0.2) is 9.78 Å². The van der Waals surface area contributed by atoms with Crippen LogP contribution in [0, 0.1) is 23.7 Å². The number of hydrogen-bond donors (Lipinski definition) is 19. The fraction of sp³-hybridized carbons (Fsp3) is 0.684. The SMILES string of the molecule is CC[C@H](C)[C@H](N)C(=O)N[C@H](C(=O)N[C@@H](CCCN=C(N)N)C(=O)N1CCC[C@H]1C(=O)N1CCC[C@H]1C(=O)N[C@@H](Cc1cnc[nH]1)C(=O)N[C@@H](CCCCN)C(=O)N[C@@H](Cc1ccccc1)C(=O)N[C@@H](CC(C)C)C(=O)N[C@@H](CO)C(=O)N[C@@H](CC(C)C)C(=O)N[C@@H](CC(C)C)C(=O)N[C@@H](CS)C(=O)N1CCC[C@H]1C(=O)O)[C@@H](C)O. The molecule has 3 fully saturated rings. The molecular weight excluding hydrogens is 1500 g/mol. The average molecular weight is 1620 g/mol. The zero-order valence-corrected chi connectivity index (χ0v) is 67.9. The van der Waals surface area contributed by atoms with Crippen LogP contribution in [0.1, 0.15) is 170 Å². The maximum absolute atomic E-state index is 14.9. The summed E-state index contributed by atoms with van der Waals surface area (Å²) in [7, 11) is 0. The Balaban J connectivity index is 1.35. The number of thiol groups is 1. The molecule has 5 rings (SSSR count). The molecule has 3 aliphatic rings. The molecular formula is C76H124N20O17S. The lowest BCUT2D eigenvalue weighted by Crippen LogP contribution is -2.61. The number of benzene rings is 1. The van der Waals surface area contributed by atoms with E-state index < -0.39 is 180 Å². The Morgan fingerprint density at radius 1 is 0.553 bits per heavy atom. The number of aliphatic hydroxyl groups excluding tert-OH is 2. The van der Waals surface area contributed by atoms with Crippen molar-refractivity contribution in [1.82, 2.24) is 77.8 Å². The summed E-state index contributed by atoms with van der Waals surface area (Å²) in [4.78, 5) is 214. The van der Waals surface area contributed by atoms with Crippen LogP contribution in [0.2, 0.25) is 0 Å². The summed E-state index contributed by atoms with van der Waals surface area (Å²) in [6.07, 6.45) is 4.11. The van der Waals surface area contributed by atoms with Crippen molar-refractivity contribution in [1.29, 1.82) is 0 Å². The van der Waals surface area contributed by atoms with E-state index in [-0.39, 0.29) is 145 Å². The normalized spacial score (nSPS) is 18.9. The molecule has 37 nitrogen and oxygen atoms in total. The predicted molar refractivity (Wildman–Crippen MR) is 425 cm³/mol. The number of aromatic nitrogens is 2. The Kier molecular flexibility index (Phi) is 39.5. The molecule has 0 spiro atoms. The third kappa shape index (κ3) is 29.4. The molecule has 2 aromatic rings. The lowest BCUT2D eigenvalue weighted by atomic mass is 9.98. The van der Waals surface area contributed by atoms with Crippen LogP contribution < -0.4 is 76.1 Å². The van der Waals surface area contributed by atoms with Crippen LogP contribution in [-0.4, -0.2) is 264 Å². The number of aliphatic imine (C=N–C) groups is 1. The molecule has 636 valence electrons. The monoisotopic (exact) mass is 1620 g/mol. The Bertz CT molecular complexity index is 3570. The van der Waals surface area contributed by atoms with Gasteiger partial charge in [0.05, 0.1) is 25.1 Å². The molecule has 0 aliphatic carbocycles. The molecule has 1 aromatic heterocycles. The highest BCUT2D eigenvalue weighted by atomic mass is 32.1. The average Bonchev–Trinajstić information content (AvgIpc) is 1.63. The second-order valence-electron chi connectivity index (χ2n) is 31.1. The van der Waals surface area contributed by atoms with E-state index in [4.69, 9.17) is 22.9 Å². The number of nitrogens with zero attached hydrogens (tertiary/aromatic N) is 5. The first-order chi connectivity index (χ1) is 54.0. The summed E-state index contributed by atoms with van der Waals surface area (Å²) in [5.41, 5.74) is 24.2. The molecule has 1 aromatic carbocycles. The van der Waals surface area contributed by atoms with Crippen molar-refractivity contribution in [2.24, 2.45) is 51.6 Å². The van der Waals surface area contributed by atoms with Crippen LogP contribution in [0.15, 0.2) is 47.8 Å². The number of unbranched alkanes of at least 4 members (excludes halogenated alkanes) is 1. The van der Waals surface area contributed by atoms with Gasteiger partial charge >= 0.3 is 5.97 Å². The smallest absolute Gasteiger partial charge is 0.326 e. The van der Waals surface area contributed by atoms with Crippen molar-refractivity contribution in [3.05, 3.63) is 54.1 Å². The van der Waals surface area contributed by atoms with Gasteiger partial charge in [0.15, 0.2) is 5.96 Å². The van der Waals surface area contributed by atoms with Gasteiger partial charge in [0, 0.05) is 56.7 Å². The van der Waals surface area contributed by atoms with Gasteiger partial charge in [-0.1, -0.05) is 92.1 Å². The summed E-state index contributed by atoms with van der Waals surface area (Å²) >= 11 is 4.27. The number of nitrogens with two attached hydrogens (primary N) is 4. The largest absolute Gasteiger partial charge is 0.480 e. The van der Waals surface area contributed by atoms with Crippen LogP contribution in [0.3, 0.4) is 0 Å². The molecule has 0 unspecified atom stereocenters. The van der Waals surface area contributed by atoms with Crippen molar-refractivity contribution in [3.8, 4) is 0 Å². The zero-order valence-electron chi connectivity index (χ0n) is 67.0. The number of aromatic amines is 1. The fourth-order valence-corrected chi connectivity index (χ4v) is 14.2. The standard InChI is InChI=1S/C76H124N20O17S/c1-10-44(8)60(78)70(107)93-61(45(9)98)71(108)85-49(23-16-28-82-76(79)80)72(109)95-30-18-25-58(95)74(111)94-29-17-24-57(94)69(106)90-54(36-47-37-81-40-83-47)67(104)84-48(22-14-15-27-77)62(99)89-53(35-46-20-12-11-13-21-46)66(103)87-51(33-42(4)5)64(101)91-55(38-97)68(105)88-50(32-41(2)3)63(100)86-52(34-43(6)7)65(102)92-56(39-114)73(110)96-31-19-26-59(96)75(112)113/h11-13,20-21,37,40-45,48-61,97-98,114H,10,14-19,22-36,38-39,77-78H2,1-9H3,(H,81,83)(H,84,104)(H,85,108)(H,86,100)(H,87,103)(H,88,105)(H,89,99)(H,90,106)(H,91,101)(H,92,102)(H,93,107)(H,112,113)(H4,79,80,82)/t44-,45+,48-,49-,50-,51-,52-,53-,54-,55-,56-,57-,58-,59-,60-,61-/m0/s1. The highest BCUT2D eigenvalue weighted by molar-refractivity contribution is 7.80. The van der Waals surface area contributed by atoms with Gasteiger partial charge in [0.2, 0.25) is 76.8 Å². The Labute approximate surface area is 671 Å². The van der Waals surface area contributed by atoms with Crippen molar-refractivity contribution in [2.45, 2.75) is 262 Å². The first-order valence-corrected chi connectivity index (χ1v) is 40.3. The minimum Gasteiger partial charge on any atom is -0.480 e. The number of guanidine groups is 1. The zero-order chi connectivity index (χ0) is 84.6. The van der Waals surface area contributed by atoms with Gasteiger partial charge in [0.1, 0.15) is 78.5 Å². The van der Waals surface area contributed by atoms with Gasteiger partial charge in [-0.05, 0) is 133 Å². The van der Waals surface area contributed by atoms with Crippen molar-refractivity contribution in [2.75, 3.05) is 45.1 Å².